The first-order chi connectivity index (χ1) is 15.2. The van der Waals surface area contributed by atoms with E-state index in [0.717, 1.165) is 35.4 Å². The molecule has 0 saturated heterocycles. The second kappa shape index (κ2) is 8.46. The first-order valence-electron chi connectivity index (χ1n) is 10.4. The molecule has 1 aliphatic rings. The quantitative estimate of drug-likeness (QED) is 0.387. The number of benzene rings is 1. The number of esters is 1. The van der Waals surface area contributed by atoms with E-state index in [1.54, 1.807) is 17.7 Å². The van der Waals surface area contributed by atoms with Crippen LogP contribution >= 0.6 is 11.3 Å². The van der Waals surface area contributed by atoms with E-state index in [2.05, 4.69) is 42.3 Å². The lowest BCUT2D eigenvalue weighted by atomic mass is 10.1. The summed E-state index contributed by atoms with van der Waals surface area (Å²) >= 11 is 1.72. The summed E-state index contributed by atoms with van der Waals surface area (Å²) in [4.78, 5) is 21.0. The smallest absolute Gasteiger partial charge is 0.309 e. The Labute approximate surface area is 182 Å². The number of aromatic nitrogens is 6. The summed E-state index contributed by atoms with van der Waals surface area (Å²) in [6.07, 6.45) is 3.28. The number of hydrogen-bond acceptors (Lipinski definition) is 8. The van der Waals surface area contributed by atoms with Crippen LogP contribution in [0.3, 0.4) is 0 Å². The first kappa shape index (κ1) is 19.7. The zero-order chi connectivity index (χ0) is 21.2. The molecule has 2 N–H and O–H groups in total. The topological polar surface area (TPSA) is 111 Å². The average molecular weight is 438 g/mol. The SMILES string of the molecule is CCOC(=O)C1CC1C(Nc1ccc2nc[nH]c2c1)c1nnnn1CCc1cccs1. The van der Waals surface area contributed by atoms with Gasteiger partial charge >= 0.3 is 5.97 Å². The third-order valence-corrected chi connectivity index (χ3v) is 6.52. The maximum absolute atomic E-state index is 12.3. The van der Waals surface area contributed by atoms with Crippen molar-refractivity contribution in [2.24, 2.45) is 11.8 Å². The van der Waals surface area contributed by atoms with Gasteiger partial charge in [0.05, 0.1) is 35.9 Å². The molecule has 10 heteroatoms. The highest BCUT2D eigenvalue weighted by molar-refractivity contribution is 7.09. The number of imidazole rings is 1. The Morgan fingerprint density at radius 3 is 3.19 bits per heavy atom. The van der Waals surface area contributed by atoms with Gasteiger partial charge in [-0.3, -0.25) is 4.79 Å². The van der Waals surface area contributed by atoms with Gasteiger partial charge in [-0.05, 0) is 53.4 Å². The van der Waals surface area contributed by atoms with Crippen LogP contribution < -0.4 is 5.32 Å². The van der Waals surface area contributed by atoms with Crippen molar-refractivity contribution in [3.8, 4) is 0 Å². The molecule has 1 aliphatic carbocycles. The van der Waals surface area contributed by atoms with Crippen molar-refractivity contribution in [1.82, 2.24) is 30.2 Å². The van der Waals surface area contributed by atoms with E-state index >= 15 is 0 Å². The summed E-state index contributed by atoms with van der Waals surface area (Å²) in [6, 6.07) is 9.91. The lowest BCUT2D eigenvalue weighted by Crippen LogP contribution is -2.22. The molecule has 0 bridgehead atoms. The number of nitrogens with zero attached hydrogens (tertiary/aromatic N) is 5. The van der Waals surface area contributed by atoms with Crippen molar-refractivity contribution < 1.29 is 9.53 Å². The number of aryl methyl sites for hydroxylation is 2. The van der Waals surface area contributed by atoms with Gasteiger partial charge in [0.25, 0.3) is 0 Å². The molecule has 1 saturated carbocycles. The van der Waals surface area contributed by atoms with Gasteiger partial charge in [-0.25, -0.2) is 9.67 Å². The number of carbonyl (C=O) groups excluding carboxylic acids is 1. The van der Waals surface area contributed by atoms with E-state index in [1.807, 2.05) is 35.9 Å². The van der Waals surface area contributed by atoms with Crippen LogP contribution in [-0.4, -0.2) is 42.8 Å². The third-order valence-electron chi connectivity index (χ3n) is 5.59. The number of aromatic amines is 1. The maximum Gasteiger partial charge on any atom is 0.309 e. The van der Waals surface area contributed by atoms with Gasteiger partial charge in [0.15, 0.2) is 5.82 Å². The zero-order valence-corrected chi connectivity index (χ0v) is 17.9. The van der Waals surface area contributed by atoms with Crippen LogP contribution in [0.5, 0.6) is 0 Å². The van der Waals surface area contributed by atoms with Gasteiger partial charge < -0.3 is 15.0 Å². The number of carbonyl (C=O) groups is 1. The van der Waals surface area contributed by atoms with Crippen LogP contribution in [-0.2, 0) is 22.5 Å². The van der Waals surface area contributed by atoms with Crippen molar-refractivity contribution in [2.45, 2.75) is 32.4 Å². The maximum atomic E-state index is 12.3. The highest BCUT2D eigenvalue weighted by atomic mass is 32.1. The van der Waals surface area contributed by atoms with Crippen LogP contribution in [0.4, 0.5) is 5.69 Å². The lowest BCUT2D eigenvalue weighted by Gasteiger charge is -2.19. The van der Waals surface area contributed by atoms with E-state index < -0.39 is 0 Å². The molecule has 0 amide bonds. The van der Waals surface area contributed by atoms with Crippen molar-refractivity contribution in [2.75, 3.05) is 11.9 Å². The molecule has 160 valence electrons. The van der Waals surface area contributed by atoms with Gasteiger partial charge in [0.2, 0.25) is 0 Å². The lowest BCUT2D eigenvalue weighted by molar-refractivity contribution is -0.145. The minimum absolute atomic E-state index is 0.0722. The Kier molecular flexibility index (Phi) is 5.37. The van der Waals surface area contributed by atoms with Crippen LogP contribution in [0.2, 0.25) is 0 Å². The molecular formula is C21H23N7O2S. The molecule has 0 aliphatic heterocycles. The molecule has 9 nitrogen and oxygen atoms in total. The van der Waals surface area contributed by atoms with Gasteiger partial charge in [-0.2, -0.15) is 0 Å². The van der Waals surface area contributed by atoms with Crippen molar-refractivity contribution in [1.29, 1.82) is 0 Å². The third kappa shape index (κ3) is 4.15. The molecule has 1 fully saturated rings. The van der Waals surface area contributed by atoms with Gasteiger partial charge in [0.1, 0.15) is 0 Å². The highest BCUT2D eigenvalue weighted by Crippen LogP contribution is 2.49. The fourth-order valence-corrected chi connectivity index (χ4v) is 4.63. The van der Waals surface area contributed by atoms with Gasteiger partial charge in [-0.15, -0.1) is 16.4 Å². The standard InChI is InChI=1S/C21H23N7O2S/c1-2-30-21(29)16-11-15(16)19(24-13-5-6-17-18(10-13)23-12-22-17)20-25-26-27-28(20)8-7-14-4-3-9-31-14/h3-6,9-10,12,15-16,19,24H,2,7-8,11H2,1H3,(H,22,23). The molecule has 5 rings (SSSR count). The Morgan fingerprint density at radius 2 is 2.35 bits per heavy atom. The van der Waals surface area contributed by atoms with E-state index in [4.69, 9.17) is 4.74 Å². The van der Waals surface area contributed by atoms with E-state index in [1.165, 1.54) is 4.88 Å². The second-order valence-electron chi connectivity index (χ2n) is 7.60. The summed E-state index contributed by atoms with van der Waals surface area (Å²) in [7, 11) is 0. The van der Waals surface area contributed by atoms with Gasteiger partial charge in [-0.1, -0.05) is 6.07 Å². The zero-order valence-electron chi connectivity index (χ0n) is 17.1. The highest BCUT2D eigenvalue weighted by Gasteiger charge is 2.51. The van der Waals surface area contributed by atoms with Crippen LogP contribution in [0.1, 0.15) is 30.1 Å². The normalized spacial score (nSPS) is 18.7. The Hall–Kier alpha value is -3.27. The first-order valence-corrected chi connectivity index (χ1v) is 11.3. The number of thiophene rings is 1. The van der Waals surface area contributed by atoms with Crippen molar-refractivity contribution in [3.05, 3.63) is 52.7 Å². The molecule has 3 aromatic heterocycles. The Morgan fingerprint density at radius 1 is 1.42 bits per heavy atom. The monoisotopic (exact) mass is 437 g/mol. The van der Waals surface area contributed by atoms with Crippen LogP contribution in [0.25, 0.3) is 11.0 Å². The Bertz CT molecular complexity index is 1170. The predicted molar refractivity (Wildman–Crippen MR) is 117 cm³/mol. The Balaban J connectivity index is 1.40. The number of rotatable bonds is 9. The fraction of sp³-hybridized carbons (Fsp3) is 0.381. The van der Waals surface area contributed by atoms with E-state index in [-0.39, 0.29) is 23.8 Å². The average Bonchev–Trinajstić information content (AvgIpc) is 3.16. The number of anilines is 1. The molecule has 0 radical (unpaired) electrons. The largest absolute Gasteiger partial charge is 0.466 e. The summed E-state index contributed by atoms with van der Waals surface area (Å²) in [5.74, 6) is 0.512. The number of hydrogen-bond donors (Lipinski definition) is 2. The van der Waals surface area contributed by atoms with E-state index in [0.29, 0.717) is 13.2 Å². The second-order valence-corrected chi connectivity index (χ2v) is 8.64. The number of ether oxygens (including phenoxy) is 1. The fourth-order valence-electron chi connectivity index (χ4n) is 3.94. The molecule has 3 unspecified atom stereocenters. The van der Waals surface area contributed by atoms with Crippen molar-refractivity contribution in [3.63, 3.8) is 0 Å². The summed E-state index contributed by atoms with van der Waals surface area (Å²) in [6.45, 7) is 2.89. The summed E-state index contributed by atoms with van der Waals surface area (Å²) in [5, 5.41) is 18.1. The predicted octanol–water partition coefficient (Wildman–Crippen LogP) is 3.21. The molecular weight excluding hydrogens is 414 g/mol. The molecule has 1 aromatic carbocycles. The molecule has 31 heavy (non-hydrogen) atoms. The van der Waals surface area contributed by atoms with Crippen LogP contribution in [0.15, 0.2) is 42.0 Å². The van der Waals surface area contributed by atoms with E-state index in [9.17, 15) is 4.79 Å². The number of fused-ring (bicyclic) bond motifs is 1. The molecule has 4 aromatic rings. The molecule has 0 spiro atoms. The summed E-state index contributed by atoms with van der Waals surface area (Å²) < 4.78 is 7.09. The van der Waals surface area contributed by atoms with Crippen molar-refractivity contribution >= 4 is 34.0 Å². The number of tetrazole rings is 1. The van der Waals surface area contributed by atoms with Gasteiger partial charge in [0, 0.05) is 29.4 Å². The number of nitrogens with one attached hydrogen (secondary N) is 2. The van der Waals surface area contributed by atoms with Crippen LogP contribution in [0, 0.1) is 11.8 Å². The minimum atomic E-state index is -0.201. The minimum Gasteiger partial charge on any atom is -0.466 e. The summed E-state index contributed by atoms with van der Waals surface area (Å²) in [5.41, 5.74) is 2.77. The molecule has 3 heterocycles. The molecule has 3 atom stereocenters. The number of H-pyrrole nitrogens is 1.